The first-order chi connectivity index (χ1) is 8.66. The van der Waals surface area contributed by atoms with Crippen molar-refractivity contribution in [1.82, 2.24) is 14.6 Å². The Hall–Kier alpha value is -2.21. The van der Waals surface area contributed by atoms with Crippen molar-refractivity contribution in [2.24, 2.45) is 5.73 Å². The van der Waals surface area contributed by atoms with E-state index in [0.29, 0.717) is 4.88 Å². The summed E-state index contributed by atoms with van der Waals surface area (Å²) in [6.45, 7) is 1.92. The van der Waals surface area contributed by atoms with Gasteiger partial charge in [-0.05, 0) is 19.1 Å². The highest BCUT2D eigenvalue weighted by atomic mass is 32.1. The molecular formula is C12H10N4OS. The number of rotatable bonds is 2. The number of fused-ring (bicyclic) bond motifs is 1. The molecule has 0 aliphatic rings. The van der Waals surface area contributed by atoms with Crippen LogP contribution >= 0.6 is 11.3 Å². The van der Waals surface area contributed by atoms with E-state index >= 15 is 0 Å². The Morgan fingerprint density at radius 3 is 3.00 bits per heavy atom. The summed E-state index contributed by atoms with van der Waals surface area (Å²) in [5.41, 5.74) is 8.05. The molecule has 0 aromatic carbocycles. The first-order valence-corrected chi connectivity index (χ1v) is 6.18. The number of carbonyl (C=O) groups excluding carboxylic acids is 1. The molecule has 3 heterocycles. The van der Waals surface area contributed by atoms with Crippen LogP contribution in [0.3, 0.4) is 0 Å². The molecule has 0 aliphatic heterocycles. The third kappa shape index (κ3) is 1.58. The van der Waals surface area contributed by atoms with Crippen molar-refractivity contribution in [2.45, 2.75) is 6.92 Å². The summed E-state index contributed by atoms with van der Waals surface area (Å²) >= 11 is 1.29. The quantitative estimate of drug-likeness (QED) is 0.762. The molecule has 0 unspecified atom stereocenters. The monoisotopic (exact) mass is 258 g/mol. The minimum Gasteiger partial charge on any atom is -0.365 e. The van der Waals surface area contributed by atoms with Crippen LogP contribution in [0.1, 0.15) is 15.4 Å². The van der Waals surface area contributed by atoms with Crippen molar-refractivity contribution >= 4 is 22.8 Å². The third-order valence-electron chi connectivity index (χ3n) is 2.68. The van der Waals surface area contributed by atoms with Crippen molar-refractivity contribution < 1.29 is 4.79 Å². The van der Waals surface area contributed by atoms with Gasteiger partial charge >= 0.3 is 0 Å². The summed E-state index contributed by atoms with van der Waals surface area (Å²) in [4.78, 5) is 15.8. The van der Waals surface area contributed by atoms with Crippen LogP contribution in [0, 0.1) is 6.92 Å². The average molecular weight is 258 g/mol. The van der Waals surface area contributed by atoms with Crippen LogP contribution in [0.15, 0.2) is 30.6 Å². The van der Waals surface area contributed by atoms with Gasteiger partial charge in [-0.3, -0.25) is 4.79 Å². The van der Waals surface area contributed by atoms with E-state index in [1.54, 1.807) is 4.52 Å². The second kappa shape index (κ2) is 3.92. The van der Waals surface area contributed by atoms with Gasteiger partial charge in [0.25, 0.3) is 5.91 Å². The number of thiazole rings is 1. The average Bonchev–Trinajstić information content (AvgIpc) is 2.91. The van der Waals surface area contributed by atoms with Gasteiger partial charge in [0, 0.05) is 6.20 Å². The third-order valence-corrected chi connectivity index (χ3v) is 3.71. The Labute approximate surface area is 107 Å². The topological polar surface area (TPSA) is 73.3 Å². The number of pyridine rings is 1. The number of nitrogens with zero attached hydrogens (tertiary/aromatic N) is 3. The molecule has 0 spiro atoms. The van der Waals surface area contributed by atoms with Crippen LogP contribution in [0.5, 0.6) is 0 Å². The molecule has 5 nitrogen and oxygen atoms in total. The van der Waals surface area contributed by atoms with Crippen molar-refractivity contribution in [1.29, 1.82) is 0 Å². The summed E-state index contributed by atoms with van der Waals surface area (Å²) in [7, 11) is 0. The van der Waals surface area contributed by atoms with Gasteiger partial charge in [-0.2, -0.15) is 5.10 Å². The normalized spacial score (nSPS) is 10.9. The van der Waals surface area contributed by atoms with Gasteiger partial charge in [-0.25, -0.2) is 9.50 Å². The van der Waals surface area contributed by atoms with Crippen LogP contribution < -0.4 is 5.73 Å². The number of aryl methyl sites for hydroxylation is 1. The Balaban J connectivity index is 2.24. The maximum Gasteiger partial charge on any atom is 0.260 e. The molecule has 0 fully saturated rings. The van der Waals surface area contributed by atoms with E-state index in [-0.39, 0.29) is 0 Å². The highest BCUT2D eigenvalue weighted by molar-refractivity contribution is 7.17. The zero-order chi connectivity index (χ0) is 12.7. The molecule has 0 saturated carbocycles. The zero-order valence-corrected chi connectivity index (χ0v) is 10.4. The molecule has 0 radical (unpaired) electrons. The molecule has 3 aromatic heterocycles. The van der Waals surface area contributed by atoms with E-state index in [4.69, 9.17) is 5.73 Å². The largest absolute Gasteiger partial charge is 0.365 e. The number of hydrogen-bond donors (Lipinski definition) is 1. The summed E-state index contributed by atoms with van der Waals surface area (Å²) in [5, 5.41) is 5.18. The maximum absolute atomic E-state index is 11.1. The van der Waals surface area contributed by atoms with Gasteiger partial charge in [-0.1, -0.05) is 6.07 Å². The van der Waals surface area contributed by atoms with Gasteiger partial charge in [0.1, 0.15) is 9.88 Å². The predicted octanol–water partition coefficient (Wildman–Crippen LogP) is 1.87. The fraction of sp³-hybridized carbons (Fsp3) is 0.0833. The summed E-state index contributed by atoms with van der Waals surface area (Å²) in [6.07, 6.45) is 3.39. The Kier molecular flexibility index (Phi) is 2.38. The van der Waals surface area contributed by atoms with Crippen molar-refractivity contribution in [3.8, 4) is 10.6 Å². The summed E-state index contributed by atoms with van der Waals surface area (Å²) in [6, 6.07) is 5.84. The van der Waals surface area contributed by atoms with Crippen molar-refractivity contribution in [3.63, 3.8) is 0 Å². The van der Waals surface area contributed by atoms with E-state index in [2.05, 4.69) is 10.1 Å². The Bertz CT molecular complexity index is 743. The van der Waals surface area contributed by atoms with Crippen LogP contribution in [0.4, 0.5) is 0 Å². The van der Waals surface area contributed by atoms with Crippen LogP contribution in [-0.4, -0.2) is 20.5 Å². The van der Waals surface area contributed by atoms with E-state index < -0.39 is 5.91 Å². The lowest BCUT2D eigenvalue weighted by molar-refractivity contribution is 0.100. The first kappa shape index (κ1) is 10.9. The number of amides is 1. The number of aromatic nitrogens is 3. The minimum atomic E-state index is -0.451. The standard InChI is InChI=1S/C12H10N4OS/c1-7-10(8-4-2-3-5-16(8)15-7)12-14-6-9(18-12)11(13)17/h2-6H,1H3,(H2,13,17). The maximum atomic E-state index is 11.1. The molecule has 3 aromatic rings. The smallest absolute Gasteiger partial charge is 0.260 e. The fourth-order valence-electron chi connectivity index (χ4n) is 1.88. The number of carbonyl (C=O) groups is 1. The van der Waals surface area contributed by atoms with E-state index in [9.17, 15) is 4.79 Å². The highest BCUT2D eigenvalue weighted by Crippen LogP contribution is 2.31. The van der Waals surface area contributed by atoms with Gasteiger partial charge in [0.2, 0.25) is 0 Å². The molecule has 0 bridgehead atoms. The molecule has 0 atom stereocenters. The molecule has 2 N–H and O–H groups in total. The highest BCUT2D eigenvalue weighted by Gasteiger charge is 2.15. The van der Waals surface area contributed by atoms with Gasteiger partial charge in [0.15, 0.2) is 0 Å². The van der Waals surface area contributed by atoms with Crippen LogP contribution in [-0.2, 0) is 0 Å². The molecular weight excluding hydrogens is 248 g/mol. The number of hydrogen-bond acceptors (Lipinski definition) is 4. The van der Waals surface area contributed by atoms with E-state index in [1.807, 2.05) is 31.3 Å². The lowest BCUT2D eigenvalue weighted by Crippen LogP contribution is -2.08. The molecule has 18 heavy (non-hydrogen) atoms. The summed E-state index contributed by atoms with van der Waals surface area (Å²) in [5.74, 6) is -0.451. The lowest BCUT2D eigenvalue weighted by atomic mass is 10.2. The molecule has 1 amide bonds. The number of primary amides is 1. The molecule has 0 saturated heterocycles. The summed E-state index contributed by atoms with van der Waals surface area (Å²) < 4.78 is 1.80. The minimum absolute atomic E-state index is 0.451. The number of nitrogens with two attached hydrogens (primary N) is 1. The SMILES string of the molecule is Cc1nn2ccccc2c1-c1ncc(C(N)=O)s1. The second-order valence-corrected chi connectivity index (χ2v) is 4.92. The molecule has 6 heteroatoms. The Morgan fingerprint density at radius 2 is 2.28 bits per heavy atom. The van der Waals surface area contributed by atoms with Crippen LogP contribution in [0.2, 0.25) is 0 Å². The zero-order valence-electron chi connectivity index (χ0n) is 9.62. The molecule has 90 valence electrons. The van der Waals surface area contributed by atoms with E-state index in [0.717, 1.165) is 21.8 Å². The Morgan fingerprint density at radius 1 is 1.44 bits per heavy atom. The lowest BCUT2D eigenvalue weighted by Gasteiger charge is -1.94. The van der Waals surface area contributed by atoms with Gasteiger partial charge in [-0.15, -0.1) is 11.3 Å². The van der Waals surface area contributed by atoms with Crippen LogP contribution in [0.25, 0.3) is 16.1 Å². The molecule has 0 aliphatic carbocycles. The second-order valence-electron chi connectivity index (χ2n) is 3.88. The molecule has 3 rings (SSSR count). The first-order valence-electron chi connectivity index (χ1n) is 5.37. The van der Waals surface area contributed by atoms with E-state index in [1.165, 1.54) is 17.5 Å². The predicted molar refractivity (Wildman–Crippen MR) is 69.6 cm³/mol. The van der Waals surface area contributed by atoms with Crippen molar-refractivity contribution in [2.75, 3.05) is 0 Å². The van der Waals surface area contributed by atoms with Gasteiger partial charge < -0.3 is 5.73 Å². The van der Waals surface area contributed by atoms with Gasteiger partial charge in [0.05, 0.1) is 23.0 Å². The van der Waals surface area contributed by atoms with Crippen molar-refractivity contribution in [3.05, 3.63) is 41.2 Å². The fourth-order valence-corrected chi connectivity index (χ4v) is 2.76.